The molecule has 2 rings (SSSR count). The molecule has 0 unspecified atom stereocenters. The largest absolute Gasteiger partial charge is 0.348 e. The minimum Gasteiger partial charge on any atom is -0.348 e. The van der Waals surface area contributed by atoms with Gasteiger partial charge in [-0.1, -0.05) is 0 Å². The molecule has 0 aromatic carbocycles. The standard InChI is InChI=1S/C11H16N2O4/c1-7-4-13(10(15)12-9(7)14)5-8-6-16-11(2,3)17-8/h4,8H,5-6H2,1-3H3,(H,12,14,15)/t8-/m0/s1. The Hall–Kier alpha value is -1.40. The molecule has 1 aromatic heterocycles. The van der Waals surface area contributed by atoms with Crippen LogP contribution in [0.1, 0.15) is 19.4 Å². The van der Waals surface area contributed by atoms with Gasteiger partial charge < -0.3 is 9.47 Å². The van der Waals surface area contributed by atoms with Gasteiger partial charge in [0.05, 0.1) is 13.2 Å². The number of rotatable bonds is 2. The fourth-order valence-electron chi connectivity index (χ4n) is 1.83. The molecule has 1 N–H and O–H groups in total. The summed E-state index contributed by atoms with van der Waals surface area (Å²) in [4.78, 5) is 25.0. The van der Waals surface area contributed by atoms with Gasteiger partial charge in [-0.25, -0.2) is 4.79 Å². The van der Waals surface area contributed by atoms with Gasteiger partial charge in [-0.05, 0) is 20.8 Å². The molecule has 0 aliphatic carbocycles. The van der Waals surface area contributed by atoms with Crippen LogP contribution in [0, 0.1) is 6.92 Å². The fraction of sp³-hybridized carbons (Fsp3) is 0.636. The van der Waals surface area contributed by atoms with Gasteiger partial charge in [0.2, 0.25) is 0 Å². The van der Waals surface area contributed by atoms with Crippen LogP contribution < -0.4 is 11.2 Å². The second-order valence-corrected chi connectivity index (χ2v) is 4.67. The third kappa shape index (κ3) is 2.65. The normalized spacial score (nSPS) is 22.9. The van der Waals surface area contributed by atoms with Crippen molar-refractivity contribution in [2.24, 2.45) is 0 Å². The highest BCUT2D eigenvalue weighted by molar-refractivity contribution is 5.00. The van der Waals surface area contributed by atoms with Gasteiger partial charge in [0.15, 0.2) is 5.79 Å². The number of aromatic amines is 1. The molecule has 0 radical (unpaired) electrons. The Morgan fingerprint density at radius 3 is 2.82 bits per heavy atom. The highest BCUT2D eigenvalue weighted by Crippen LogP contribution is 2.22. The predicted molar refractivity (Wildman–Crippen MR) is 61.0 cm³/mol. The van der Waals surface area contributed by atoms with Gasteiger partial charge in [0, 0.05) is 11.8 Å². The van der Waals surface area contributed by atoms with E-state index in [-0.39, 0.29) is 11.7 Å². The van der Waals surface area contributed by atoms with Gasteiger partial charge >= 0.3 is 5.69 Å². The molecule has 1 saturated heterocycles. The van der Waals surface area contributed by atoms with Gasteiger partial charge in [-0.2, -0.15) is 0 Å². The van der Waals surface area contributed by atoms with Crippen LogP contribution in [0.2, 0.25) is 0 Å². The number of ether oxygens (including phenoxy) is 2. The Balaban J connectivity index is 2.18. The van der Waals surface area contributed by atoms with Crippen LogP contribution in [-0.4, -0.2) is 28.0 Å². The second kappa shape index (κ2) is 4.12. The molecule has 1 aliphatic heterocycles. The van der Waals surface area contributed by atoms with Crippen molar-refractivity contribution in [3.8, 4) is 0 Å². The van der Waals surface area contributed by atoms with Crippen LogP contribution >= 0.6 is 0 Å². The van der Waals surface area contributed by atoms with Crippen molar-refractivity contribution in [3.63, 3.8) is 0 Å². The second-order valence-electron chi connectivity index (χ2n) is 4.67. The molecule has 1 atom stereocenters. The Morgan fingerprint density at radius 1 is 1.53 bits per heavy atom. The minimum absolute atomic E-state index is 0.173. The number of hydrogen-bond acceptors (Lipinski definition) is 4. The maximum absolute atomic E-state index is 11.6. The smallest absolute Gasteiger partial charge is 0.328 e. The molecule has 6 heteroatoms. The zero-order chi connectivity index (χ0) is 12.6. The predicted octanol–water partition coefficient (Wildman–Crippen LogP) is -0.00348. The lowest BCUT2D eigenvalue weighted by atomic mass is 10.3. The molecule has 2 heterocycles. The fourth-order valence-corrected chi connectivity index (χ4v) is 1.83. The van der Waals surface area contributed by atoms with E-state index in [1.54, 1.807) is 6.92 Å². The van der Waals surface area contributed by atoms with Crippen molar-refractivity contribution >= 4 is 0 Å². The average Bonchev–Trinajstić information content (AvgIpc) is 2.54. The quantitative estimate of drug-likeness (QED) is 0.789. The molecule has 1 aliphatic rings. The lowest BCUT2D eigenvalue weighted by Crippen LogP contribution is -2.35. The number of hydrogen-bond donors (Lipinski definition) is 1. The highest BCUT2D eigenvalue weighted by atomic mass is 16.7. The summed E-state index contributed by atoms with van der Waals surface area (Å²) in [6, 6.07) is 0. The van der Waals surface area contributed by atoms with Gasteiger partial charge in [-0.3, -0.25) is 14.3 Å². The van der Waals surface area contributed by atoms with E-state index in [9.17, 15) is 9.59 Å². The number of H-pyrrole nitrogens is 1. The van der Waals surface area contributed by atoms with Crippen molar-refractivity contribution in [2.75, 3.05) is 6.61 Å². The maximum Gasteiger partial charge on any atom is 0.328 e. The molecule has 1 fully saturated rings. The van der Waals surface area contributed by atoms with E-state index in [0.717, 1.165) is 0 Å². The average molecular weight is 240 g/mol. The third-order valence-electron chi connectivity index (χ3n) is 2.66. The summed E-state index contributed by atoms with van der Waals surface area (Å²) in [7, 11) is 0. The van der Waals surface area contributed by atoms with Gasteiger partial charge in [-0.15, -0.1) is 0 Å². The lowest BCUT2D eigenvalue weighted by molar-refractivity contribution is -0.139. The van der Waals surface area contributed by atoms with Crippen molar-refractivity contribution in [1.29, 1.82) is 0 Å². The molecule has 94 valence electrons. The van der Waals surface area contributed by atoms with Gasteiger partial charge in [0.1, 0.15) is 6.10 Å². The summed E-state index contributed by atoms with van der Waals surface area (Å²) in [6.45, 7) is 6.13. The number of aryl methyl sites for hydroxylation is 1. The summed E-state index contributed by atoms with van der Waals surface area (Å²) in [6.07, 6.45) is 1.36. The first-order valence-corrected chi connectivity index (χ1v) is 5.49. The molecular weight excluding hydrogens is 224 g/mol. The van der Waals surface area contributed by atoms with E-state index in [4.69, 9.17) is 9.47 Å². The minimum atomic E-state index is -0.606. The Morgan fingerprint density at radius 2 is 2.24 bits per heavy atom. The Labute approximate surface area is 98.2 Å². The summed E-state index contributed by atoms with van der Waals surface area (Å²) >= 11 is 0. The van der Waals surface area contributed by atoms with Crippen molar-refractivity contribution < 1.29 is 9.47 Å². The number of nitrogens with one attached hydrogen (secondary N) is 1. The maximum atomic E-state index is 11.6. The van der Waals surface area contributed by atoms with Crippen molar-refractivity contribution in [3.05, 3.63) is 32.6 Å². The summed E-state index contributed by atoms with van der Waals surface area (Å²) in [5, 5.41) is 0. The summed E-state index contributed by atoms with van der Waals surface area (Å²) in [5.74, 6) is -0.606. The van der Waals surface area contributed by atoms with Crippen molar-refractivity contribution in [2.45, 2.75) is 39.2 Å². The van der Waals surface area contributed by atoms with E-state index >= 15 is 0 Å². The zero-order valence-corrected chi connectivity index (χ0v) is 10.1. The number of aromatic nitrogens is 2. The van der Waals surface area contributed by atoms with E-state index in [2.05, 4.69) is 4.98 Å². The molecule has 0 amide bonds. The Kier molecular flexibility index (Phi) is 2.92. The third-order valence-corrected chi connectivity index (χ3v) is 2.66. The zero-order valence-electron chi connectivity index (χ0n) is 10.1. The van der Waals surface area contributed by atoms with E-state index in [1.165, 1.54) is 10.8 Å². The Bertz CT molecular complexity index is 529. The van der Waals surface area contributed by atoms with Crippen LogP contribution in [0.25, 0.3) is 0 Å². The monoisotopic (exact) mass is 240 g/mol. The van der Waals surface area contributed by atoms with Crippen LogP contribution in [-0.2, 0) is 16.0 Å². The molecular formula is C11H16N2O4. The molecule has 0 spiro atoms. The topological polar surface area (TPSA) is 73.3 Å². The molecule has 0 bridgehead atoms. The van der Waals surface area contributed by atoms with Crippen LogP contribution in [0.15, 0.2) is 15.8 Å². The van der Waals surface area contributed by atoms with E-state index < -0.39 is 11.5 Å². The lowest BCUT2D eigenvalue weighted by Gasteiger charge is -2.17. The van der Waals surface area contributed by atoms with E-state index in [0.29, 0.717) is 18.7 Å². The summed E-state index contributed by atoms with van der Waals surface area (Å²) < 4.78 is 12.4. The SMILES string of the molecule is Cc1cn(C[C@H]2COC(C)(C)O2)c(=O)[nH]c1=O. The van der Waals surface area contributed by atoms with Crippen LogP contribution in [0.5, 0.6) is 0 Å². The molecule has 17 heavy (non-hydrogen) atoms. The van der Waals surface area contributed by atoms with Crippen LogP contribution in [0.3, 0.4) is 0 Å². The first-order chi connectivity index (χ1) is 7.87. The van der Waals surface area contributed by atoms with Crippen LogP contribution in [0.4, 0.5) is 0 Å². The first kappa shape index (κ1) is 12.1. The van der Waals surface area contributed by atoms with Gasteiger partial charge in [0.25, 0.3) is 5.56 Å². The van der Waals surface area contributed by atoms with Crippen molar-refractivity contribution in [1.82, 2.24) is 9.55 Å². The first-order valence-electron chi connectivity index (χ1n) is 5.49. The number of nitrogens with zero attached hydrogens (tertiary/aromatic N) is 1. The summed E-state index contributed by atoms with van der Waals surface area (Å²) in [5.41, 5.74) is -0.271. The molecule has 1 aromatic rings. The highest BCUT2D eigenvalue weighted by Gasteiger charge is 2.32. The van der Waals surface area contributed by atoms with E-state index in [1.807, 2.05) is 13.8 Å². The molecule has 0 saturated carbocycles. The molecule has 6 nitrogen and oxygen atoms in total.